The maximum Gasteiger partial charge on any atom is 0.433 e. The Morgan fingerprint density at radius 2 is 1.69 bits per heavy atom. The van der Waals surface area contributed by atoms with Crippen LogP contribution in [0.1, 0.15) is 67.7 Å². The molecule has 1 aromatic carbocycles. The first-order chi connectivity index (χ1) is 24.1. The Kier molecular flexibility index (Phi) is 13.1. The monoisotopic (exact) mass is 733 g/mol. The highest BCUT2D eigenvalue weighted by Gasteiger charge is 2.44. The van der Waals surface area contributed by atoms with E-state index < -0.39 is 89.5 Å². The maximum atomic E-state index is 14.1. The van der Waals surface area contributed by atoms with E-state index >= 15 is 0 Å². The highest BCUT2D eigenvalue weighted by atomic mass is 32.2. The number of rotatable bonds is 7. The molecular formula is C34H42F3N7O6S. The van der Waals surface area contributed by atoms with Crippen LogP contribution in [-0.4, -0.2) is 94.1 Å². The highest BCUT2D eigenvalue weighted by molar-refractivity contribution is 7.98. The number of pyridine rings is 1. The molecule has 0 bridgehead atoms. The van der Waals surface area contributed by atoms with Crippen LogP contribution in [-0.2, 0) is 30.1 Å². The van der Waals surface area contributed by atoms with Gasteiger partial charge in [-0.25, -0.2) is 0 Å². The summed E-state index contributed by atoms with van der Waals surface area (Å²) in [5.41, 5.74) is -0.711. The summed E-state index contributed by atoms with van der Waals surface area (Å²) in [5, 5.41) is 13.6. The summed E-state index contributed by atoms with van der Waals surface area (Å²) in [6, 6.07) is 4.32. The molecule has 17 heteroatoms. The summed E-state index contributed by atoms with van der Waals surface area (Å²) in [6.45, 7) is 4.68. The number of hydrogen-bond acceptors (Lipinski definition) is 8. The number of aromatic nitrogens is 1. The molecule has 51 heavy (non-hydrogen) atoms. The Bertz CT molecular complexity index is 1590. The molecule has 0 aliphatic carbocycles. The first-order valence-corrected chi connectivity index (χ1v) is 17.9. The second kappa shape index (κ2) is 17.0. The van der Waals surface area contributed by atoms with Crippen LogP contribution < -0.4 is 26.6 Å². The van der Waals surface area contributed by atoms with Crippen molar-refractivity contribution < 1.29 is 41.9 Å². The predicted octanol–water partition coefficient (Wildman–Crippen LogP) is 1.94. The van der Waals surface area contributed by atoms with E-state index in [1.54, 1.807) is 44.2 Å². The van der Waals surface area contributed by atoms with Crippen LogP contribution in [0.4, 0.5) is 13.2 Å². The van der Waals surface area contributed by atoms with E-state index in [9.17, 15) is 41.9 Å². The first kappa shape index (κ1) is 39.1. The number of halogens is 3. The van der Waals surface area contributed by atoms with E-state index in [0.29, 0.717) is 17.4 Å². The summed E-state index contributed by atoms with van der Waals surface area (Å²) >= 11 is 1.47. The fourth-order valence-corrected chi connectivity index (χ4v) is 6.37. The van der Waals surface area contributed by atoms with E-state index in [1.165, 1.54) is 23.6 Å². The summed E-state index contributed by atoms with van der Waals surface area (Å²) < 4.78 is 39.0. The van der Waals surface area contributed by atoms with Gasteiger partial charge in [-0.15, -0.1) is 0 Å². The molecule has 276 valence electrons. The van der Waals surface area contributed by atoms with Gasteiger partial charge in [-0.1, -0.05) is 44.2 Å². The van der Waals surface area contributed by atoms with Crippen molar-refractivity contribution in [3.8, 4) is 0 Å². The van der Waals surface area contributed by atoms with Crippen molar-refractivity contribution in [1.29, 1.82) is 0 Å². The van der Waals surface area contributed by atoms with Crippen LogP contribution in [0.3, 0.4) is 0 Å². The van der Waals surface area contributed by atoms with E-state index in [0.717, 1.165) is 12.3 Å². The summed E-state index contributed by atoms with van der Waals surface area (Å²) in [5.74, 6) is -3.79. The second-order valence-electron chi connectivity index (χ2n) is 12.9. The number of carbonyl (C=O) groups excluding carboxylic acids is 6. The molecule has 0 unspecified atom stereocenters. The quantitative estimate of drug-likeness (QED) is 0.287. The number of benzene rings is 1. The fraction of sp³-hybridized carbons (Fsp3) is 0.500. The molecule has 1 aromatic heterocycles. The molecule has 4 rings (SSSR count). The lowest BCUT2D eigenvalue weighted by Crippen LogP contribution is -2.59. The molecule has 3 heterocycles. The average Bonchev–Trinajstić information content (AvgIpc) is 3.51. The van der Waals surface area contributed by atoms with E-state index in [-0.39, 0.29) is 31.4 Å². The number of alkyl halides is 3. The lowest BCUT2D eigenvalue weighted by atomic mass is 10.0. The minimum absolute atomic E-state index is 0.0937. The number of nitrogens with one attached hydrogen (secondary N) is 5. The Hall–Kier alpha value is -4.67. The Labute approximate surface area is 297 Å². The van der Waals surface area contributed by atoms with E-state index in [4.69, 9.17) is 0 Å². The lowest BCUT2D eigenvalue weighted by Gasteiger charge is -2.32. The van der Waals surface area contributed by atoms with Crippen molar-refractivity contribution in [2.75, 3.05) is 18.6 Å². The summed E-state index contributed by atoms with van der Waals surface area (Å²) in [7, 11) is 0. The van der Waals surface area contributed by atoms with Gasteiger partial charge in [-0.3, -0.25) is 33.8 Å². The van der Waals surface area contributed by atoms with Crippen molar-refractivity contribution in [2.45, 2.75) is 82.5 Å². The molecule has 2 saturated heterocycles. The van der Waals surface area contributed by atoms with Gasteiger partial charge in [-0.05, 0) is 55.4 Å². The maximum absolute atomic E-state index is 14.1. The largest absolute Gasteiger partial charge is 0.433 e. The van der Waals surface area contributed by atoms with E-state index in [1.807, 2.05) is 6.26 Å². The molecule has 0 radical (unpaired) electrons. The normalized spacial score (nSPS) is 25.4. The number of fused-ring (bicyclic) bond motifs is 1. The van der Waals surface area contributed by atoms with Crippen molar-refractivity contribution in [3.05, 3.63) is 65.5 Å². The molecule has 6 amide bonds. The van der Waals surface area contributed by atoms with Gasteiger partial charge in [0.1, 0.15) is 29.9 Å². The Morgan fingerprint density at radius 1 is 0.980 bits per heavy atom. The molecule has 0 saturated carbocycles. The minimum Gasteiger partial charge on any atom is -0.347 e. The predicted molar refractivity (Wildman–Crippen MR) is 182 cm³/mol. The second-order valence-corrected chi connectivity index (χ2v) is 13.9. The Balaban J connectivity index is 1.65. The number of amides is 6. The van der Waals surface area contributed by atoms with Crippen LogP contribution in [0.5, 0.6) is 0 Å². The van der Waals surface area contributed by atoms with Crippen LogP contribution >= 0.6 is 11.8 Å². The third kappa shape index (κ3) is 10.2. The van der Waals surface area contributed by atoms with Crippen molar-refractivity contribution >= 4 is 47.2 Å². The van der Waals surface area contributed by atoms with Gasteiger partial charge < -0.3 is 31.5 Å². The van der Waals surface area contributed by atoms with Gasteiger partial charge in [0.25, 0.3) is 5.91 Å². The molecular weight excluding hydrogens is 691 g/mol. The number of hydrogen-bond donors (Lipinski definition) is 5. The van der Waals surface area contributed by atoms with Crippen LogP contribution in [0, 0.1) is 5.92 Å². The van der Waals surface area contributed by atoms with Gasteiger partial charge in [0.15, 0.2) is 0 Å². The third-order valence-corrected chi connectivity index (χ3v) is 9.33. The molecule has 2 aliphatic heterocycles. The van der Waals surface area contributed by atoms with Crippen LogP contribution in [0.15, 0.2) is 48.7 Å². The van der Waals surface area contributed by atoms with Gasteiger partial charge >= 0.3 is 6.18 Å². The number of nitrogens with zero attached hydrogens (tertiary/aromatic N) is 2. The highest BCUT2D eigenvalue weighted by Crippen LogP contribution is 2.28. The molecule has 2 aromatic rings. The zero-order valence-electron chi connectivity index (χ0n) is 28.6. The first-order valence-electron chi connectivity index (χ1n) is 16.5. The standard InChI is InChI=1S/C34H42F3N7O6S/c1-18(2)28-33(50)44-17-22(40-30(47)21-10-11-26(38-16-21)34(35,36)37)14-25(44)32(49)39-19(3)29(46)42-24(20-8-6-5-7-9-20)15-27(45)41-23(12-13-51-4)31(48)43-28/h5-11,16,18-19,22-25,28H,12-15,17H2,1-4H3,(H,39,49)(H,40,47)(H,41,45)(H,42,46)(H,43,48)/t19-,22-,23-,24-,25-,28-/m0/s1. The van der Waals surface area contributed by atoms with Crippen molar-refractivity contribution in [2.24, 2.45) is 5.92 Å². The van der Waals surface area contributed by atoms with Gasteiger partial charge in [-0.2, -0.15) is 24.9 Å². The Morgan fingerprint density at radius 3 is 2.29 bits per heavy atom. The third-order valence-electron chi connectivity index (χ3n) is 8.69. The molecule has 2 fully saturated rings. The zero-order chi connectivity index (χ0) is 37.5. The number of thioether (sulfide) groups is 1. The topological polar surface area (TPSA) is 179 Å². The van der Waals surface area contributed by atoms with Gasteiger partial charge in [0.05, 0.1) is 18.0 Å². The van der Waals surface area contributed by atoms with Crippen LogP contribution in [0.2, 0.25) is 0 Å². The summed E-state index contributed by atoms with van der Waals surface area (Å²) in [4.78, 5) is 85.9. The average molecular weight is 734 g/mol. The van der Waals surface area contributed by atoms with Gasteiger partial charge in [0.2, 0.25) is 29.5 Å². The summed E-state index contributed by atoms with van der Waals surface area (Å²) in [6.07, 6.45) is -2.12. The van der Waals surface area contributed by atoms with Crippen LogP contribution in [0.25, 0.3) is 0 Å². The molecule has 6 atom stereocenters. The minimum atomic E-state index is -4.70. The smallest absolute Gasteiger partial charge is 0.347 e. The number of carbonyl (C=O) groups is 6. The van der Waals surface area contributed by atoms with Gasteiger partial charge in [0, 0.05) is 18.8 Å². The van der Waals surface area contributed by atoms with E-state index in [2.05, 4.69) is 31.6 Å². The fourth-order valence-electron chi connectivity index (χ4n) is 5.90. The van der Waals surface area contributed by atoms with Crippen molar-refractivity contribution in [1.82, 2.24) is 36.5 Å². The molecule has 2 aliphatic rings. The van der Waals surface area contributed by atoms with Crippen molar-refractivity contribution in [3.63, 3.8) is 0 Å². The molecule has 13 nitrogen and oxygen atoms in total. The molecule has 0 spiro atoms. The molecule has 5 N–H and O–H groups in total. The SMILES string of the molecule is CSCC[C@@H]1NC(=O)C[C@@H](c2ccccc2)NC(=O)[C@H](C)NC(=O)[C@@H]2C[C@H](NC(=O)c3ccc(C(F)(F)F)nc3)CN2C(=O)[C@H](C(C)C)NC1=O. The zero-order valence-corrected chi connectivity index (χ0v) is 29.4. The lowest BCUT2D eigenvalue weighted by molar-refractivity contribution is -0.143.